The zero-order chi connectivity index (χ0) is 14.0. The van der Waals surface area contributed by atoms with E-state index in [0.29, 0.717) is 11.0 Å². The topological polar surface area (TPSA) is 35.0 Å². The Balaban J connectivity index is 2.19. The van der Waals surface area contributed by atoms with Crippen molar-refractivity contribution in [3.63, 3.8) is 0 Å². The summed E-state index contributed by atoms with van der Waals surface area (Å²) in [5.74, 6) is 2.42. The molecule has 1 aromatic heterocycles. The highest BCUT2D eigenvalue weighted by Crippen LogP contribution is 2.30. The lowest BCUT2D eigenvalue weighted by Gasteiger charge is -2.27. The van der Waals surface area contributed by atoms with Gasteiger partial charge in [-0.2, -0.15) is 4.98 Å². The molecule has 0 amide bonds. The number of rotatable bonds is 3. The molecule has 0 aromatic carbocycles. The van der Waals surface area contributed by atoms with Gasteiger partial charge in [-0.05, 0) is 32.1 Å². The molecule has 1 aliphatic rings. The highest BCUT2D eigenvalue weighted by atomic mass is 35.5. The predicted molar refractivity (Wildman–Crippen MR) is 77.9 cm³/mol. The van der Waals surface area contributed by atoms with Crippen LogP contribution in [0, 0.1) is 12.8 Å². The largest absolute Gasteiger partial charge is 0.474 e. The van der Waals surface area contributed by atoms with E-state index in [1.807, 2.05) is 6.92 Å². The van der Waals surface area contributed by atoms with Gasteiger partial charge in [0.2, 0.25) is 5.88 Å². The van der Waals surface area contributed by atoms with Crippen molar-refractivity contribution in [1.82, 2.24) is 9.97 Å². The summed E-state index contributed by atoms with van der Waals surface area (Å²) in [6.45, 7) is 8.34. The van der Waals surface area contributed by atoms with Gasteiger partial charge in [0.25, 0.3) is 0 Å². The molecule has 0 spiro atoms. The molecule has 19 heavy (non-hydrogen) atoms. The molecule has 0 bridgehead atoms. The van der Waals surface area contributed by atoms with Crippen LogP contribution in [-0.4, -0.2) is 16.1 Å². The Labute approximate surface area is 120 Å². The van der Waals surface area contributed by atoms with E-state index in [1.165, 1.54) is 12.8 Å². The first kappa shape index (κ1) is 14.6. The molecule has 2 atom stereocenters. The maximum Gasteiger partial charge on any atom is 0.221 e. The molecule has 0 radical (unpaired) electrons. The molecule has 1 heterocycles. The number of halogens is 1. The second-order valence-electron chi connectivity index (χ2n) is 5.97. The Morgan fingerprint density at radius 2 is 2.00 bits per heavy atom. The third kappa shape index (κ3) is 3.59. The Kier molecular flexibility index (Phi) is 4.67. The average molecular weight is 283 g/mol. The molecule has 3 nitrogen and oxygen atoms in total. The van der Waals surface area contributed by atoms with Gasteiger partial charge in [0.05, 0.1) is 0 Å². The second kappa shape index (κ2) is 6.08. The minimum atomic E-state index is 0.255. The fourth-order valence-corrected chi connectivity index (χ4v) is 2.67. The van der Waals surface area contributed by atoms with Crippen LogP contribution in [0.5, 0.6) is 5.88 Å². The SMILES string of the molecule is Cc1c(Cl)nc(C(C)C)nc1OC1CCCC(C)C1. The van der Waals surface area contributed by atoms with Crippen LogP contribution in [-0.2, 0) is 0 Å². The van der Waals surface area contributed by atoms with Gasteiger partial charge in [0, 0.05) is 11.5 Å². The summed E-state index contributed by atoms with van der Waals surface area (Å²) in [5, 5.41) is 0.512. The molecule has 1 saturated carbocycles. The number of ether oxygens (including phenoxy) is 1. The molecule has 1 fully saturated rings. The summed E-state index contributed by atoms with van der Waals surface area (Å²) in [6, 6.07) is 0. The maximum absolute atomic E-state index is 6.18. The van der Waals surface area contributed by atoms with Gasteiger partial charge in [-0.3, -0.25) is 0 Å². The van der Waals surface area contributed by atoms with Crippen LogP contribution in [0.4, 0.5) is 0 Å². The number of aromatic nitrogens is 2. The Morgan fingerprint density at radius 1 is 1.26 bits per heavy atom. The summed E-state index contributed by atoms with van der Waals surface area (Å²) >= 11 is 6.18. The zero-order valence-corrected chi connectivity index (χ0v) is 13.0. The molecule has 0 saturated heterocycles. The van der Waals surface area contributed by atoms with Crippen molar-refractivity contribution in [1.29, 1.82) is 0 Å². The quantitative estimate of drug-likeness (QED) is 0.765. The Hall–Kier alpha value is -0.830. The van der Waals surface area contributed by atoms with E-state index in [1.54, 1.807) is 0 Å². The molecule has 106 valence electrons. The summed E-state index contributed by atoms with van der Waals surface area (Å²) in [6.07, 6.45) is 5.04. The molecule has 1 aliphatic carbocycles. The van der Waals surface area contributed by atoms with Crippen LogP contribution in [0.3, 0.4) is 0 Å². The van der Waals surface area contributed by atoms with Crippen LogP contribution < -0.4 is 4.74 Å². The standard InChI is InChI=1S/C15H23ClN2O/c1-9(2)14-17-13(16)11(4)15(18-14)19-12-7-5-6-10(3)8-12/h9-10,12H,5-8H2,1-4H3. The Morgan fingerprint density at radius 3 is 2.63 bits per heavy atom. The van der Waals surface area contributed by atoms with Gasteiger partial charge in [0.1, 0.15) is 17.1 Å². The fraction of sp³-hybridized carbons (Fsp3) is 0.733. The van der Waals surface area contributed by atoms with Crippen molar-refractivity contribution in [3.8, 4) is 5.88 Å². The van der Waals surface area contributed by atoms with Crippen molar-refractivity contribution in [3.05, 3.63) is 16.5 Å². The lowest BCUT2D eigenvalue weighted by molar-refractivity contribution is 0.122. The van der Waals surface area contributed by atoms with Gasteiger partial charge in [0.15, 0.2) is 0 Å². The molecule has 0 aliphatic heterocycles. The second-order valence-corrected chi connectivity index (χ2v) is 6.33. The molecular formula is C15H23ClN2O. The average Bonchev–Trinajstić information content (AvgIpc) is 2.34. The monoisotopic (exact) mass is 282 g/mol. The van der Waals surface area contributed by atoms with Gasteiger partial charge < -0.3 is 4.74 Å². The lowest BCUT2D eigenvalue weighted by atomic mass is 9.89. The fourth-order valence-electron chi connectivity index (χ4n) is 2.50. The van der Waals surface area contributed by atoms with E-state index in [4.69, 9.17) is 16.3 Å². The smallest absolute Gasteiger partial charge is 0.221 e. The van der Waals surface area contributed by atoms with Crippen molar-refractivity contribution in [2.45, 2.75) is 65.4 Å². The minimum absolute atomic E-state index is 0.255. The zero-order valence-electron chi connectivity index (χ0n) is 12.2. The first-order valence-electron chi connectivity index (χ1n) is 7.18. The van der Waals surface area contributed by atoms with Gasteiger partial charge in [-0.1, -0.05) is 38.8 Å². The first-order valence-corrected chi connectivity index (χ1v) is 7.55. The number of nitrogens with zero attached hydrogens (tertiary/aromatic N) is 2. The van der Waals surface area contributed by atoms with E-state index in [0.717, 1.165) is 30.1 Å². The van der Waals surface area contributed by atoms with Gasteiger partial charge >= 0.3 is 0 Å². The predicted octanol–water partition coefficient (Wildman–Crippen LogP) is 4.52. The summed E-state index contributed by atoms with van der Waals surface area (Å²) in [4.78, 5) is 8.85. The normalized spacial score (nSPS) is 23.7. The number of hydrogen-bond donors (Lipinski definition) is 0. The van der Waals surface area contributed by atoms with Crippen LogP contribution >= 0.6 is 11.6 Å². The third-order valence-electron chi connectivity index (χ3n) is 3.74. The molecule has 1 aromatic rings. The van der Waals surface area contributed by atoms with Crippen LogP contribution in [0.15, 0.2) is 0 Å². The van der Waals surface area contributed by atoms with E-state index in [9.17, 15) is 0 Å². The molecule has 4 heteroatoms. The van der Waals surface area contributed by atoms with E-state index in [2.05, 4.69) is 30.7 Å². The highest BCUT2D eigenvalue weighted by Gasteiger charge is 2.22. The van der Waals surface area contributed by atoms with E-state index >= 15 is 0 Å². The lowest BCUT2D eigenvalue weighted by Crippen LogP contribution is -2.25. The summed E-state index contributed by atoms with van der Waals surface area (Å²) < 4.78 is 6.09. The van der Waals surface area contributed by atoms with Crippen molar-refractivity contribution in [2.24, 2.45) is 5.92 Å². The third-order valence-corrected chi connectivity index (χ3v) is 4.11. The molecule has 2 unspecified atom stereocenters. The van der Waals surface area contributed by atoms with Crippen molar-refractivity contribution < 1.29 is 4.74 Å². The summed E-state index contributed by atoms with van der Waals surface area (Å²) in [5.41, 5.74) is 0.851. The van der Waals surface area contributed by atoms with Crippen molar-refractivity contribution in [2.75, 3.05) is 0 Å². The maximum atomic E-state index is 6.18. The van der Waals surface area contributed by atoms with Gasteiger partial charge in [-0.25, -0.2) is 4.98 Å². The van der Waals surface area contributed by atoms with Crippen LogP contribution in [0.2, 0.25) is 5.15 Å². The molecule has 0 N–H and O–H groups in total. The van der Waals surface area contributed by atoms with Crippen LogP contribution in [0.25, 0.3) is 0 Å². The summed E-state index contributed by atoms with van der Waals surface area (Å²) in [7, 11) is 0. The van der Waals surface area contributed by atoms with Crippen molar-refractivity contribution >= 4 is 11.6 Å². The Bertz CT molecular complexity index is 448. The molecule has 2 rings (SSSR count). The highest BCUT2D eigenvalue weighted by molar-refractivity contribution is 6.30. The minimum Gasteiger partial charge on any atom is -0.474 e. The molecular weight excluding hydrogens is 260 g/mol. The van der Waals surface area contributed by atoms with Crippen LogP contribution in [0.1, 0.15) is 63.8 Å². The van der Waals surface area contributed by atoms with E-state index < -0.39 is 0 Å². The van der Waals surface area contributed by atoms with Gasteiger partial charge in [-0.15, -0.1) is 0 Å². The number of hydrogen-bond acceptors (Lipinski definition) is 3. The first-order chi connectivity index (χ1) is 8.97. The van der Waals surface area contributed by atoms with E-state index in [-0.39, 0.29) is 12.0 Å².